The minimum Gasteiger partial charge on any atom is -0.258 e. The van der Waals surface area contributed by atoms with E-state index in [0.717, 1.165) is 0 Å². The average Bonchev–Trinajstić information content (AvgIpc) is 2.45. The molecular formula is C15H12F3NO2. The minimum atomic E-state index is -4.32. The van der Waals surface area contributed by atoms with E-state index in [1.54, 1.807) is 30.3 Å². The van der Waals surface area contributed by atoms with Gasteiger partial charge in [-0.1, -0.05) is 42.5 Å². The Balaban J connectivity index is 2.37. The lowest BCUT2D eigenvalue weighted by Gasteiger charge is -2.19. The van der Waals surface area contributed by atoms with Crippen LogP contribution < -0.4 is 0 Å². The zero-order valence-corrected chi connectivity index (χ0v) is 10.9. The molecule has 0 heterocycles. The third-order valence-electron chi connectivity index (χ3n) is 3.14. The number of nitro groups is 1. The first kappa shape index (κ1) is 15.0. The van der Waals surface area contributed by atoms with Crippen molar-refractivity contribution < 1.29 is 18.1 Å². The van der Waals surface area contributed by atoms with E-state index in [-0.39, 0.29) is 5.69 Å². The predicted molar refractivity (Wildman–Crippen MR) is 72.1 cm³/mol. The maximum Gasteiger partial charge on any atom is 0.390 e. The molecule has 0 spiro atoms. The number of non-ortho nitro benzene ring substituents is 1. The van der Waals surface area contributed by atoms with Crippen LogP contribution in [-0.4, -0.2) is 11.1 Å². The summed E-state index contributed by atoms with van der Waals surface area (Å²) in [4.78, 5) is 10.0. The maximum atomic E-state index is 12.8. The molecule has 0 aliphatic heterocycles. The van der Waals surface area contributed by atoms with E-state index in [1.165, 1.54) is 24.3 Å². The van der Waals surface area contributed by atoms with Crippen LogP contribution in [0.25, 0.3) is 0 Å². The van der Waals surface area contributed by atoms with Crippen molar-refractivity contribution in [1.82, 2.24) is 0 Å². The Hall–Kier alpha value is -2.37. The fourth-order valence-electron chi connectivity index (χ4n) is 2.17. The third-order valence-corrected chi connectivity index (χ3v) is 3.14. The Labute approximate surface area is 119 Å². The summed E-state index contributed by atoms with van der Waals surface area (Å²) in [5.74, 6) is -0.869. The fraction of sp³-hybridized carbons (Fsp3) is 0.200. The fourth-order valence-corrected chi connectivity index (χ4v) is 2.17. The second-order valence-corrected chi connectivity index (χ2v) is 4.63. The van der Waals surface area contributed by atoms with Crippen molar-refractivity contribution in [3.63, 3.8) is 0 Å². The molecule has 0 fully saturated rings. The number of rotatable bonds is 4. The molecule has 3 nitrogen and oxygen atoms in total. The molecule has 2 aromatic carbocycles. The van der Waals surface area contributed by atoms with E-state index in [9.17, 15) is 23.3 Å². The van der Waals surface area contributed by atoms with Gasteiger partial charge in [0.05, 0.1) is 11.3 Å². The molecule has 21 heavy (non-hydrogen) atoms. The number of alkyl halides is 3. The van der Waals surface area contributed by atoms with Crippen LogP contribution in [0.3, 0.4) is 0 Å². The van der Waals surface area contributed by atoms with Crippen molar-refractivity contribution in [1.29, 1.82) is 0 Å². The predicted octanol–water partition coefficient (Wildman–Crippen LogP) is 4.68. The molecule has 0 amide bonds. The van der Waals surface area contributed by atoms with Gasteiger partial charge >= 0.3 is 6.18 Å². The summed E-state index contributed by atoms with van der Waals surface area (Å²) < 4.78 is 38.3. The van der Waals surface area contributed by atoms with Crippen LogP contribution in [0, 0.1) is 10.1 Å². The summed E-state index contributed by atoms with van der Waals surface area (Å²) in [6.07, 6.45) is -5.32. The standard InChI is InChI=1S/C15H12F3NO2/c16-15(17,18)10-14(11-4-2-1-3-5-11)12-6-8-13(9-7-12)19(20)21/h1-9,14H,10H2. The Morgan fingerprint density at radius 3 is 1.95 bits per heavy atom. The van der Waals surface area contributed by atoms with Crippen LogP contribution in [0.15, 0.2) is 54.6 Å². The van der Waals surface area contributed by atoms with Gasteiger partial charge in [0.1, 0.15) is 0 Å². The Morgan fingerprint density at radius 2 is 1.48 bits per heavy atom. The first-order chi connectivity index (χ1) is 9.87. The van der Waals surface area contributed by atoms with Crippen molar-refractivity contribution >= 4 is 5.69 Å². The van der Waals surface area contributed by atoms with Crippen LogP contribution in [-0.2, 0) is 0 Å². The summed E-state index contributed by atoms with van der Waals surface area (Å²) in [6.45, 7) is 0. The highest BCUT2D eigenvalue weighted by atomic mass is 19.4. The second kappa shape index (κ2) is 5.95. The summed E-state index contributed by atoms with van der Waals surface area (Å²) in [7, 11) is 0. The maximum absolute atomic E-state index is 12.8. The zero-order chi connectivity index (χ0) is 15.5. The second-order valence-electron chi connectivity index (χ2n) is 4.63. The molecule has 2 aromatic rings. The molecule has 0 radical (unpaired) electrons. The summed E-state index contributed by atoms with van der Waals surface area (Å²) in [6, 6.07) is 13.5. The lowest BCUT2D eigenvalue weighted by Crippen LogP contribution is -2.15. The zero-order valence-electron chi connectivity index (χ0n) is 10.9. The number of nitrogens with zero attached hydrogens (tertiary/aromatic N) is 1. The van der Waals surface area contributed by atoms with Crippen molar-refractivity contribution in [3.8, 4) is 0 Å². The number of hydrogen-bond donors (Lipinski definition) is 0. The molecular weight excluding hydrogens is 283 g/mol. The average molecular weight is 295 g/mol. The number of hydrogen-bond acceptors (Lipinski definition) is 2. The SMILES string of the molecule is O=[N+]([O-])c1ccc(C(CC(F)(F)F)c2ccccc2)cc1. The van der Waals surface area contributed by atoms with Crippen LogP contribution >= 0.6 is 0 Å². The van der Waals surface area contributed by atoms with E-state index >= 15 is 0 Å². The van der Waals surface area contributed by atoms with Gasteiger partial charge < -0.3 is 0 Å². The van der Waals surface area contributed by atoms with E-state index in [4.69, 9.17) is 0 Å². The molecule has 0 N–H and O–H groups in total. The van der Waals surface area contributed by atoms with E-state index < -0.39 is 23.4 Å². The Kier molecular flexibility index (Phi) is 4.26. The molecule has 1 unspecified atom stereocenters. The number of nitro benzene ring substituents is 1. The topological polar surface area (TPSA) is 43.1 Å². The van der Waals surface area contributed by atoms with Crippen LogP contribution in [0.5, 0.6) is 0 Å². The van der Waals surface area contributed by atoms with Gasteiger partial charge in [0.2, 0.25) is 0 Å². The van der Waals surface area contributed by atoms with Crippen molar-refractivity contribution in [3.05, 3.63) is 75.8 Å². The van der Waals surface area contributed by atoms with E-state index in [0.29, 0.717) is 11.1 Å². The molecule has 0 aliphatic carbocycles. The molecule has 6 heteroatoms. The van der Waals surface area contributed by atoms with Gasteiger partial charge in [0, 0.05) is 18.1 Å². The normalized spacial score (nSPS) is 12.9. The number of benzene rings is 2. The van der Waals surface area contributed by atoms with E-state index in [1.807, 2.05) is 0 Å². The van der Waals surface area contributed by atoms with E-state index in [2.05, 4.69) is 0 Å². The quantitative estimate of drug-likeness (QED) is 0.607. The monoisotopic (exact) mass is 295 g/mol. The van der Waals surface area contributed by atoms with Gasteiger partial charge in [-0.05, 0) is 11.1 Å². The van der Waals surface area contributed by atoms with Gasteiger partial charge in [-0.2, -0.15) is 13.2 Å². The molecule has 110 valence electrons. The largest absolute Gasteiger partial charge is 0.390 e. The minimum absolute atomic E-state index is 0.141. The first-order valence-corrected chi connectivity index (χ1v) is 6.23. The van der Waals surface area contributed by atoms with Crippen LogP contribution in [0.1, 0.15) is 23.5 Å². The highest BCUT2D eigenvalue weighted by Gasteiger charge is 2.33. The van der Waals surface area contributed by atoms with Gasteiger partial charge in [-0.3, -0.25) is 10.1 Å². The first-order valence-electron chi connectivity index (χ1n) is 6.23. The molecule has 0 saturated carbocycles. The van der Waals surface area contributed by atoms with Gasteiger partial charge in [-0.15, -0.1) is 0 Å². The molecule has 0 aromatic heterocycles. The Bertz CT molecular complexity index is 609. The summed E-state index contributed by atoms with van der Waals surface area (Å²) in [5.41, 5.74) is 0.797. The smallest absolute Gasteiger partial charge is 0.258 e. The summed E-state index contributed by atoms with van der Waals surface area (Å²) >= 11 is 0. The highest BCUT2D eigenvalue weighted by molar-refractivity contribution is 5.38. The third kappa shape index (κ3) is 4.05. The molecule has 0 aliphatic rings. The molecule has 0 saturated heterocycles. The Morgan fingerprint density at radius 1 is 0.952 bits per heavy atom. The number of halogens is 3. The van der Waals surface area contributed by atoms with Gasteiger partial charge in [0.15, 0.2) is 0 Å². The van der Waals surface area contributed by atoms with Crippen molar-refractivity contribution in [2.75, 3.05) is 0 Å². The van der Waals surface area contributed by atoms with Crippen LogP contribution in [0.4, 0.5) is 18.9 Å². The van der Waals surface area contributed by atoms with Crippen molar-refractivity contribution in [2.45, 2.75) is 18.5 Å². The molecule has 2 rings (SSSR count). The van der Waals surface area contributed by atoms with Crippen molar-refractivity contribution in [2.24, 2.45) is 0 Å². The summed E-state index contributed by atoms with van der Waals surface area (Å²) in [5, 5.41) is 10.6. The lowest BCUT2D eigenvalue weighted by atomic mass is 9.88. The molecule has 0 bridgehead atoms. The molecule has 1 atom stereocenters. The van der Waals surface area contributed by atoms with Gasteiger partial charge in [-0.25, -0.2) is 0 Å². The lowest BCUT2D eigenvalue weighted by molar-refractivity contribution is -0.384. The highest BCUT2D eigenvalue weighted by Crippen LogP contribution is 2.36. The van der Waals surface area contributed by atoms with Gasteiger partial charge in [0.25, 0.3) is 5.69 Å². The van der Waals surface area contributed by atoms with Crippen LogP contribution in [0.2, 0.25) is 0 Å².